The van der Waals surface area contributed by atoms with E-state index in [0.717, 1.165) is 48.0 Å². The second-order valence-corrected chi connectivity index (χ2v) is 7.45. The van der Waals surface area contributed by atoms with Crippen LogP contribution in [0.25, 0.3) is 0 Å². The molecule has 0 bridgehead atoms. The lowest BCUT2D eigenvalue weighted by atomic mass is 10.0. The largest absolute Gasteiger partial charge is 0.346 e. The van der Waals surface area contributed by atoms with Crippen LogP contribution in [0.5, 0.6) is 0 Å². The van der Waals surface area contributed by atoms with Crippen molar-refractivity contribution in [3.63, 3.8) is 0 Å². The molecule has 1 saturated heterocycles. The summed E-state index contributed by atoms with van der Waals surface area (Å²) in [5, 5.41) is 4.52. The van der Waals surface area contributed by atoms with E-state index in [1.165, 1.54) is 0 Å². The standard InChI is InChI=1S/C19H29N5O/c1-12(2)23-13(3)10-18(14(23)4)19(25)22-9-7-8-17(11-22)24-16(6)20-15(5)21-24/h10,12,17H,7-9,11H2,1-6H3/t17-/m0/s1. The van der Waals surface area contributed by atoms with E-state index >= 15 is 0 Å². The monoisotopic (exact) mass is 343 g/mol. The summed E-state index contributed by atoms with van der Waals surface area (Å²) in [7, 11) is 0. The van der Waals surface area contributed by atoms with Crippen molar-refractivity contribution in [1.29, 1.82) is 0 Å². The van der Waals surface area contributed by atoms with Crippen LogP contribution in [0.1, 0.15) is 72.2 Å². The fourth-order valence-corrected chi connectivity index (χ4v) is 4.18. The van der Waals surface area contributed by atoms with Gasteiger partial charge in [-0.2, -0.15) is 5.10 Å². The van der Waals surface area contributed by atoms with Gasteiger partial charge in [0.25, 0.3) is 5.91 Å². The SMILES string of the molecule is Cc1nc(C)n([C@H]2CCCN(C(=O)c3cc(C)n(C(C)C)c3C)C2)n1. The van der Waals surface area contributed by atoms with E-state index in [-0.39, 0.29) is 11.9 Å². The number of amides is 1. The summed E-state index contributed by atoms with van der Waals surface area (Å²) in [5.41, 5.74) is 3.04. The van der Waals surface area contributed by atoms with Gasteiger partial charge in [0, 0.05) is 30.5 Å². The molecule has 3 rings (SSSR count). The van der Waals surface area contributed by atoms with E-state index < -0.39 is 0 Å². The molecular formula is C19H29N5O. The zero-order chi connectivity index (χ0) is 18.3. The molecular weight excluding hydrogens is 314 g/mol. The first-order valence-electron chi connectivity index (χ1n) is 9.17. The van der Waals surface area contributed by atoms with Crippen LogP contribution in [-0.2, 0) is 0 Å². The molecule has 3 heterocycles. The number of hydrogen-bond acceptors (Lipinski definition) is 3. The van der Waals surface area contributed by atoms with Crippen LogP contribution in [-0.4, -0.2) is 43.2 Å². The molecule has 0 aromatic carbocycles. The van der Waals surface area contributed by atoms with Crippen molar-refractivity contribution >= 4 is 5.91 Å². The number of piperidine rings is 1. The fourth-order valence-electron chi connectivity index (χ4n) is 4.18. The summed E-state index contributed by atoms with van der Waals surface area (Å²) in [6.07, 6.45) is 2.04. The maximum atomic E-state index is 13.1. The molecule has 0 radical (unpaired) electrons. The molecule has 2 aromatic rings. The lowest BCUT2D eigenvalue weighted by Gasteiger charge is -2.33. The molecule has 1 amide bonds. The number of rotatable bonds is 3. The van der Waals surface area contributed by atoms with Crippen LogP contribution in [0.2, 0.25) is 0 Å². The van der Waals surface area contributed by atoms with Gasteiger partial charge in [-0.25, -0.2) is 9.67 Å². The van der Waals surface area contributed by atoms with Gasteiger partial charge in [0.05, 0.1) is 11.6 Å². The van der Waals surface area contributed by atoms with Gasteiger partial charge in [0.15, 0.2) is 0 Å². The third-order valence-corrected chi connectivity index (χ3v) is 5.17. The molecule has 2 aromatic heterocycles. The first kappa shape index (κ1) is 17.7. The van der Waals surface area contributed by atoms with E-state index in [0.29, 0.717) is 12.6 Å². The maximum absolute atomic E-state index is 13.1. The number of aromatic nitrogens is 4. The Kier molecular flexibility index (Phi) is 4.71. The Labute approximate surface area is 149 Å². The van der Waals surface area contributed by atoms with Gasteiger partial charge in [-0.05, 0) is 60.5 Å². The van der Waals surface area contributed by atoms with Gasteiger partial charge >= 0.3 is 0 Å². The van der Waals surface area contributed by atoms with Gasteiger partial charge in [-0.3, -0.25) is 4.79 Å². The predicted molar refractivity (Wildman–Crippen MR) is 98.0 cm³/mol. The minimum Gasteiger partial charge on any atom is -0.346 e. The summed E-state index contributed by atoms with van der Waals surface area (Å²) in [6.45, 7) is 13.8. The van der Waals surface area contributed by atoms with Crippen molar-refractivity contribution in [1.82, 2.24) is 24.2 Å². The highest BCUT2D eigenvalue weighted by Crippen LogP contribution is 2.26. The van der Waals surface area contributed by atoms with Crippen LogP contribution in [0.15, 0.2) is 6.07 Å². The van der Waals surface area contributed by atoms with Crippen LogP contribution in [0, 0.1) is 27.7 Å². The topological polar surface area (TPSA) is 56.0 Å². The summed E-state index contributed by atoms with van der Waals surface area (Å²) >= 11 is 0. The van der Waals surface area contributed by atoms with Gasteiger partial charge < -0.3 is 9.47 Å². The molecule has 0 aliphatic carbocycles. The predicted octanol–water partition coefficient (Wildman–Crippen LogP) is 3.37. The average molecular weight is 343 g/mol. The van der Waals surface area contributed by atoms with Crippen LogP contribution >= 0.6 is 0 Å². The molecule has 136 valence electrons. The van der Waals surface area contributed by atoms with Gasteiger partial charge in [-0.15, -0.1) is 0 Å². The Morgan fingerprint density at radius 1 is 1.24 bits per heavy atom. The molecule has 1 aliphatic rings. The smallest absolute Gasteiger partial charge is 0.255 e. The summed E-state index contributed by atoms with van der Waals surface area (Å²) < 4.78 is 4.23. The third-order valence-electron chi connectivity index (χ3n) is 5.17. The normalized spacial score (nSPS) is 18.2. The highest BCUT2D eigenvalue weighted by Gasteiger charge is 2.29. The van der Waals surface area contributed by atoms with Crippen molar-refractivity contribution in [2.24, 2.45) is 0 Å². The van der Waals surface area contributed by atoms with Crippen molar-refractivity contribution in [2.45, 2.75) is 66.5 Å². The van der Waals surface area contributed by atoms with Crippen molar-refractivity contribution in [3.05, 3.63) is 34.7 Å². The lowest BCUT2D eigenvalue weighted by Crippen LogP contribution is -2.41. The average Bonchev–Trinajstić information content (AvgIpc) is 3.05. The van der Waals surface area contributed by atoms with Gasteiger partial charge in [0.1, 0.15) is 11.6 Å². The maximum Gasteiger partial charge on any atom is 0.255 e. The molecule has 0 N–H and O–H groups in total. The molecule has 1 atom stereocenters. The summed E-state index contributed by atoms with van der Waals surface area (Å²) in [4.78, 5) is 19.5. The van der Waals surface area contributed by atoms with E-state index in [1.807, 2.05) is 36.4 Å². The van der Waals surface area contributed by atoms with Crippen molar-refractivity contribution in [2.75, 3.05) is 13.1 Å². The quantitative estimate of drug-likeness (QED) is 0.858. The Hall–Kier alpha value is -2.11. The van der Waals surface area contributed by atoms with Gasteiger partial charge in [0.2, 0.25) is 0 Å². The summed E-state index contributed by atoms with van der Waals surface area (Å²) in [5.74, 6) is 1.86. The zero-order valence-electron chi connectivity index (χ0n) is 16.2. The number of hydrogen-bond donors (Lipinski definition) is 0. The van der Waals surface area contributed by atoms with Crippen LogP contribution in [0.3, 0.4) is 0 Å². The second-order valence-electron chi connectivity index (χ2n) is 7.45. The van der Waals surface area contributed by atoms with Crippen molar-refractivity contribution in [3.8, 4) is 0 Å². The first-order valence-corrected chi connectivity index (χ1v) is 9.17. The Balaban J connectivity index is 1.83. The Bertz CT molecular complexity index is 786. The van der Waals surface area contributed by atoms with E-state index in [9.17, 15) is 4.79 Å². The molecule has 1 fully saturated rings. The number of nitrogens with zero attached hydrogens (tertiary/aromatic N) is 5. The molecule has 6 nitrogen and oxygen atoms in total. The first-order chi connectivity index (χ1) is 11.8. The molecule has 0 saturated carbocycles. The number of carbonyl (C=O) groups is 1. The zero-order valence-corrected chi connectivity index (χ0v) is 16.2. The number of aryl methyl sites for hydroxylation is 3. The molecule has 0 unspecified atom stereocenters. The highest BCUT2D eigenvalue weighted by atomic mass is 16.2. The van der Waals surface area contributed by atoms with E-state index in [1.54, 1.807) is 0 Å². The highest BCUT2D eigenvalue weighted by molar-refractivity contribution is 5.95. The van der Waals surface area contributed by atoms with Crippen LogP contribution in [0.4, 0.5) is 0 Å². The molecule has 1 aliphatic heterocycles. The molecule has 0 spiro atoms. The fraction of sp³-hybridized carbons (Fsp3) is 0.632. The molecule has 25 heavy (non-hydrogen) atoms. The minimum absolute atomic E-state index is 0.138. The Morgan fingerprint density at radius 2 is 1.96 bits per heavy atom. The number of likely N-dealkylation sites (tertiary alicyclic amines) is 1. The molecule has 6 heteroatoms. The summed E-state index contributed by atoms with van der Waals surface area (Å²) in [6, 6.07) is 2.61. The third kappa shape index (κ3) is 3.22. The van der Waals surface area contributed by atoms with Crippen molar-refractivity contribution < 1.29 is 4.79 Å². The van der Waals surface area contributed by atoms with E-state index in [2.05, 4.69) is 35.4 Å². The van der Waals surface area contributed by atoms with Crippen LogP contribution < -0.4 is 0 Å². The van der Waals surface area contributed by atoms with Gasteiger partial charge in [-0.1, -0.05) is 0 Å². The Morgan fingerprint density at radius 3 is 2.52 bits per heavy atom. The second kappa shape index (κ2) is 6.65. The lowest BCUT2D eigenvalue weighted by molar-refractivity contribution is 0.0670. The minimum atomic E-state index is 0.138. The number of carbonyl (C=O) groups excluding carboxylic acids is 1. The van der Waals surface area contributed by atoms with E-state index in [4.69, 9.17) is 0 Å².